The molecule has 1 aliphatic rings. The van der Waals surface area contributed by atoms with Gasteiger partial charge in [0.05, 0.1) is 5.69 Å². The first-order chi connectivity index (χ1) is 9.97. The van der Waals surface area contributed by atoms with Crippen LogP contribution < -0.4 is 5.32 Å². The fourth-order valence-corrected chi connectivity index (χ4v) is 2.08. The number of benzene rings is 1. The fourth-order valence-electron chi connectivity index (χ4n) is 1.90. The summed E-state index contributed by atoms with van der Waals surface area (Å²) in [6.07, 6.45) is 1.97. The summed E-state index contributed by atoms with van der Waals surface area (Å²) in [6.45, 7) is 1.67. The van der Waals surface area contributed by atoms with Gasteiger partial charge in [0.15, 0.2) is 17.5 Å². The van der Waals surface area contributed by atoms with Crippen molar-refractivity contribution < 1.29 is 13.2 Å². The average molecular weight is 314 g/mol. The SMILES string of the molecule is Cc1c(Cl)nc(C2CC2)nc1Nc1ccc(F)c(F)c1F. The molecule has 2 aromatic rings. The Morgan fingerprint density at radius 3 is 2.52 bits per heavy atom. The van der Waals surface area contributed by atoms with Crippen molar-refractivity contribution in [1.29, 1.82) is 0 Å². The van der Waals surface area contributed by atoms with E-state index >= 15 is 0 Å². The summed E-state index contributed by atoms with van der Waals surface area (Å²) in [4.78, 5) is 8.47. The molecule has 110 valence electrons. The van der Waals surface area contributed by atoms with Crippen LogP contribution >= 0.6 is 11.6 Å². The van der Waals surface area contributed by atoms with Crippen LogP contribution in [0.3, 0.4) is 0 Å². The third-order valence-corrected chi connectivity index (χ3v) is 3.70. The van der Waals surface area contributed by atoms with E-state index in [0.717, 1.165) is 25.0 Å². The molecule has 0 bridgehead atoms. The Morgan fingerprint density at radius 1 is 1.14 bits per heavy atom. The van der Waals surface area contributed by atoms with Crippen molar-refractivity contribution >= 4 is 23.1 Å². The summed E-state index contributed by atoms with van der Waals surface area (Å²) >= 11 is 6.03. The van der Waals surface area contributed by atoms with Gasteiger partial charge in [-0.15, -0.1) is 0 Å². The Hall–Kier alpha value is -1.82. The average Bonchev–Trinajstić information content (AvgIpc) is 3.28. The first-order valence-corrected chi connectivity index (χ1v) is 6.79. The normalized spacial score (nSPS) is 14.3. The third kappa shape index (κ3) is 2.68. The topological polar surface area (TPSA) is 37.8 Å². The molecule has 1 aliphatic carbocycles. The van der Waals surface area contributed by atoms with Crippen molar-refractivity contribution in [3.63, 3.8) is 0 Å². The van der Waals surface area contributed by atoms with Crippen LogP contribution in [0.2, 0.25) is 5.15 Å². The molecular weight excluding hydrogens is 303 g/mol. The smallest absolute Gasteiger partial charge is 0.196 e. The molecule has 3 nitrogen and oxygen atoms in total. The molecule has 0 unspecified atom stereocenters. The maximum Gasteiger partial charge on any atom is 0.196 e. The highest BCUT2D eigenvalue weighted by Crippen LogP contribution is 2.39. The second kappa shape index (κ2) is 5.18. The molecule has 3 rings (SSSR count). The van der Waals surface area contributed by atoms with E-state index in [-0.39, 0.29) is 16.8 Å². The minimum absolute atomic E-state index is 0.200. The van der Waals surface area contributed by atoms with E-state index in [9.17, 15) is 13.2 Å². The lowest BCUT2D eigenvalue weighted by Crippen LogP contribution is -2.05. The Morgan fingerprint density at radius 2 is 1.86 bits per heavy atom. The lowest BCUT2D eigenvalue weighted by Gasteiger charge is -2.12. The van der Waals surface area contributed by atoms with E-state index in [1.807, 2.05) is 0 Å². The monoisotopic (exact) mass is 313 g/mol. The Kier molecular flexibility index (Phi) is 3.49. The fraction of sp³-hybridized carbons (Fsp3) is 0.286. The van der Waals surface area contributed by atoms with Crippen LogP contribution in [-0.2, 0) is 0 Å². The Balaban J connectivity index is 2.00. The first kappa shape index (κ1) is 14.1. The zero-order chi connectivity index (χ0) is 15.1. The van der Waals surface area contributed by atoms with Gasteiger partial charge in [0.25, 0.3) is 0 Å². The van der Waals surface area contributed by atoms with Crippen LogP contribution in [0.15, 0.2) is 12.1 Å². The van der Waals surface area contributed by atoms with Crippen molar-refractivity contribution in [3.8, 4) is 0 Å². The molecule has 0 saturated heterocycles. The van der Waals surface area contributed by atoms with Gasteiger partial charge in [-0.25, -0.2) is 23.1 Å². The lowest BCUT2D eigenvalue weighted by molar-refractivity contribution is 0.449. The van der Waals surface area contributed by atoms with Crippen molar-refractivity contribution in [2.45, 2.75) is 25.7 Å². The van der Waals surface area contributed by atoms with Gasteiger partial charge in [0.2, 0.25) is 0 Å². The van der Waals surface area contributed by atoms with E-state index in [0.29, 0.717) is 17.2 Å². The number of hydrogen-bond donors (Lipinski definition) is 1. The molecule has 1 N–H and O–H groups in total. The molecule has 7 heteroatoms. The van der Waals surface area contributed by atoms with Crippen LogP contribution in [-0.4, -0.2) is 9.97 Å². The van der Waals surface area contributed by atoms with Gasteiger partial charge in [-0.2, -0.15) is 0 Å². The Bertz CT molecular complexity index is 717. The van der Waals surface area contributed by atoms with E-state index in [2.05, 4.69) is 15.3 Å². The maximum atomic E-state index is 13.7. The van der Waals surface area contributed by atoms with E-state index < -0.39 is 17.5 Å². The Labute approximate surface area is 124 Å². The number of rotatable bonds is 3. The second-order valence-corrected chi connectivity index (χ2v) is 5.33. The minimum Gasteiger partial charge on any atom is -0.337 e. The summed E-state index contributed by atoms with van der Waals surface area (Å²) < 4.78 is 39.9. The number of halogens is 4. The molecule has 1 heterocycles. The molecule has 1 fully saturated rings. The molecule has 0 aliphatic heterocycles. The zero-order valence-electron chi connectivity index (χ0n) is 11.1. The molecule has 0 atom stereocenters. The summed E-state index contributed by atoms with van der Waals surface area (Å²) in [5.74, 6) is -2.93. The summed E-state index contributed by atoms with van der Waals surface area (Å²) in [5, 5.41) is 2.92. The van der Waals surface area contributed by atoms with Gasteiger partial charge < -0.3 is 5.32 Å². The molecule has 0 spiro atoms. The summed E-state index contributed by atoms with van der Waals surface area (Å²) in [5.41, 5.74) is 0.318. The highest BCUT2D eigenvalue weighted by atomic mass is 35.5. The number of aromatic nitrogens is 2. The van der Waals surface area contributed by atoms with Gasteiger partial charge >= 0.3 is 0 Å². The van der Waals surface area contributed by atoms with Crippen molar-refractivity contribution in [2.24, 2.45) is 0 Å². The molecule has 0 radical (unpaired) electrons. The van der Waals surface area contributed by atoms with Gasteiger partial charge in [-0.3, -0.25) is 0 Å². The van der Waals surface area contributed by atoms with Gasteiger partial charge in [0, 0.05) is 11.5 Å². The van der Waals surface area contributed by atoms with E-state index in [1.165, 1.54) is 0 Å². The molecule has 1 aromatic heterocycles. The standard InChI is InChI=1S/C14H11ClF3N3/c1-6-12(15)20-14(7-2-3-7)21-13(6)19-9-5-4-8(16)10(17)11(9)18/h4-5,7H,2-3H2,1H3,(H,19,20,21). The third-order valence-electron chi connectivity index (χ3n) is 3.33. The minimum atomic E-state index is -1.53. The van der Waals surface area contributed by atoms with Crippen LogP contribution in [0, 0.1) is 24.4 Å². The van der Waals surface area contributed by atoms with E-state index in [1.54, 1.807) is 6.92 Å². The summed E-state index contributed by atoms with van der Waals surface area (Å²) in [7, 11) is 0. The number of anilines is 2. The summed E-state index contributed by atoms with van der Waals surface area (Å²) in [6, 6.07) is 1.96. The van der Waals surface area contributed by atoms with Crippen LogP contribution in [0.1, 0.15) is 30.1 Å². The van der Waals surface area contributed by atoms with Crippen molar-refractivity contribution in [2.75, 3.05) is 5.32 Å². The highest BCUT2D eigenvalue weighted by molar-refractivity contribution is 6.30. The van der Waals surface area contributed by atoms with Crippen molar-refractivity contribution in [1.82, 2.24) is 9.97 Å². The van der Waals surface area contributed by atoms with Crippen LogP contribution in [0.4, 0.5) is 24.7 Å². The number of hydrogen-bond acceptors (Lipinski definition) is 3. The predicted octanol–water partition coefficient (Wildman–Crippen LogP) is 4.48. The lowest BCUT2D eigenvalue weighted by atomic mass is 10.2. The van der Waals surface area contributed by atoms with Crippen molar-refractivity contribution in [3.05, 3.63) is 46.1 Å². The molecular formula is C14H11ClF3N3. The molecule has 21 heavy (non-hydrogen) atoms. The highest BCUT2D eigenvalue weighted by Gasteiger charge is 2.28. The second-order valence-electron chi connectivity index (χ2n) is 4.97. The van der Waals surface area contributed by atoms with Gasteiger partial charge in [-0.05, 0) is 31.9 Å². The largest absolute Gasteiger partial charge is 0.337 e. The first-order valence-electron chi connectivity index (χ1n) is 6.42. The molecule has 0 amide bonds. The van der Waals surface area contributed by atoms with Crippen LogP contribution in [0.25, 0.3) is 0 Å². The maximum absolute atomic E-state index is 13.7. The predicted molar refractivity (Wildman–Crippen MR) is 73.4 cm³/mol. The molecule has 1 saturated carbocycles. The van der Waals surface area contributed by atoms with E-state index in [4.69, 9.17) is 11.6 Å². The number of nitrogens with one attached hydrogen (secondary N) is 1. The quantitative estimate of drug-likeness (QED) is 0.671. The zero-order valence-corrected chi connectivity index (χ0v) is 11.8. The molecule has 1 aromatic carbocycles. The number of nitrogens with zero attached hydrogens (tertiary/aromatic N) is 2. The van der Waals surface area contributed by atoms with Gasteiger partial charge in [0.1, 0.15) is 16.8 Å². The van der Waals surface area contributed by atoms with Gasteiger partial charge in [-0.1, -0.05) is 11.6 Å². The van der Waals surface area contributed by atoms with Crippen LogP contribution in [0.5, 0.6) is 0 Å².